The zero-order valence-corrected chi connectivity index (χ0v) is 12.1. The molecule has 5 nitrogen and oxygen atoms in total. The van der Waals surface area contributed by atoms with Crippen LogP contribution in [0.1, 0.15) is 45.2 Å². The van der Waals surface area contributed by atoms with Gasteiger partial charge in [0.25, 0.3) is 5.91 Å². The minimum atomic E-state index is -0.389. The van der Waals surface area contributed by atoms with E-state index >= 15 is 0 Å². The van der Waals surface area contributed by atoms with Gasteiger partial charge in [0, 0.05) is 6.20 Å². The molecule has 0 spiro atoms. The number of amides is 1. The second-order valence-electron chi connectivity index (χ2n) is 5.47. The van der Waals surface area contributed by atoms with Crippen molar-refractivity contribution in [3.8, 4) is 11.8 Å². The Balaban J connectivity index is 1.81. The van der Waals surface area contributed by atoms with Crippen molar-refractivity contribution in [1.82, 2.24) is 10.3 Å². The van der Waals surface area contributed by atoms with Gasteiger partial charge in [-0.3, -0.25) is 4.79 Å². The van der Waals surface area contributed by atoms with E-state index < -0.39 is 0 Å². The smallest absolute Gasteiger partial charge is 0.274 e. The number of rotatable bonds is 2. The Morgan fingerprint density at radius 2 is 2.27 bits per heavy atom. The largest absolute Gasteiger partial charge is 0.505 e. The van der Waals surface area contributed by atoms with Gasteiger partial charge in [-0.05, 0) is 54.7 Å². The molecule has 1 atom stereocenters. The summed E-state index contributed by atoms with van der Waals surface area (Å²) < 4.78 is 0. The lowest BCUT2D eigenvalue weighted by Gasteiger charge is -2.14. The number of aromatic hydroxyl groups is 1. The van der Waals surface area contributed by atoms with E-state index in [-0.39, 0.29) is 23.4 Å². The molecule has 1 amide bonds. The first-order valence-electron chi connectivity index (χ1n) is 7.08. The SMILES string of the molecule is Cc1cnc(C(=O)NC2CCc3cc(C#N)ccc32)c(O)c1. The van der Waals surface area contributed by atoms with E-state index in [1.54, 1.807) is 19.2 Å². The molecule has 0 radical (unpaired) electrons. The number of carbonyl (C=O) groups excluding carboxylic acids is 1. The quantitative estimate of drug-likeness (QED) is 0.890. The average Bonchev–Trinajstić information content (AvgIpc) is 2.89. The van der Waals surface area contributed by atoms with Gasteiger partial charge >= 0.3 is 0 Å². The summed E-state index contributed by atoms with van der Waals surface area (Å²) in [6.07, 6.45) is 3.15. The minimum absolute atomic E-state index is 0.0349. The number of nitrogens with one attached hydrogen (secondary N) is 1. The lowest BCUT2D eigenvalue weighted by atomic mass is 10.1. The summed E-state index contributed by atoms with van der Waals surface area (Å²) in [6.45, 7) is 1.80. The van der Waals surface area contributed by atoms with Gasteiger partial charge in [-0.2, -0.15) is 5.26 Å². The number of carbonyl (C=O) groups is 1. The van der Waals surface area contributed by atoms with Gasteiger partial charge in [0.05, 0.1) is 17.7 Å². The fourth-order valence-corrected chi connectivity index (χ4v) is 2.79. The molecule has 0 saturated carbocycles. The number of hydrogen-bond donors (Lipinski definition) is 2. The molecule has 0 bridgehead atoms. The van der Waals surface area contributed by atoms with E-state index in [1.807, 2.05) is 12.1 Å². The third-order valence-electron chi connectivity index (χ3n) is 3.87. The molecule has 2 N–H and O–H groups in total. The van der Waals surface area contributed by atoms with E-state index in [1.165, 1.54) is 6.07 Å². The van der Waals surface area contributed by atoms with Gasteiger partial charge in [-0.15, -0.1) is 0 Å². The summed E-state index contributed by atoms with van der Waals surface area (Å²) in [4.78, 5) is 16.3. The van der Waals surface area contributed by atoms with Crippen molar-refractivity contribution in [2.45, 2.75) is 25.8 Å². The van der Waals surface area contributed by atoms with Crippen LogP contribution in [0.4, 0.5) is 0 Å². The highest BCUT2D eigenvalue weighted by Gasteiger charge is 2.25. The van der Waals surface area contributed by atoms with Crippen LogP contribution < -0.4 is 5.32 Å². The molecule has 1 aliphatic carbocycles. The van der Waals surface area contributed by atoms with Crippen molar-refractivity contribution in [2.75, 3.05) is 0 Å². The highest BCUT2D eigenvalue weighted by molar-refractivity contribution is 5.95. The Labute approximate surface area is 128 Å². The third kappa shape index (κ3) is 2.51. The number of nitrogens with zero attached hydrogens (tertiary/aromatic N) is 2. The van der Waals surface area contributed by atoms with Gasteiger partial charge in [0.2, 0.25) is 0 Å². The topological polar surface area (TPSA) is 86.0 Å². The van der Waals surface area contributed by atoms with E-state index in [0.29, 0.717) is 5.56 Å². The summed E-state index contributed by atoms with van der Waals surface area (Å²) in [5.41, 5.74) is 3.57. The van der Waals surface area contributed by atoms with Crippen LogP contribution >= 0.6 is 0 Å². The lowest BCUT2D eigenvalue weighted by Crippen LogP contribution is -2.28. The van der Waals surface area contributed by atoms with Crippen molar-refractivity contribution in [1.29, 1.82) is 5.26 Å². The standard InChI is InChI=1S/C17H15N3O2/c1-10-6-15(21)16(19-9-10)17(22)20-14-5-3-12-7-11(8-18)2-4-13(12)14/h2,4,6-7,9,14,21H,3,5H2,1H3,(H,20,22). The molecular formula is C17H15N3O2. The van der Waals surface area contributed by atoms with E-state index in [0.717, 1.165) is 29.5 Å². The molecule has 1 aromatic heterocycles. The molecule has 22 heavy (non-hydrogen) atoms. The van der Waals surface area contributed by atoms with Crippen molar-refractivity contribution < 1.29 is 9.90 Å². The molecule has 0 fully saturated rings. The van der Waals surface area contributed by atoms with Gasteiger partial charge in [0.1, 0.15) is 5.75 Å². The molecule has 0 saturated heterocycles. The Kier molecular flexibility index (Phi) is 3.51. The van der Waals surface area contributed by atoms with Crippen LogP contribution in [0.2, 0.25) is 0 Å². The highest BCUT2D eigenvalue weighted by Crippen LogP contribution is 2.32. The van der Waals surface area contributed by atoms with Gasteiger partial charge in [-0.1, -0.05) is 6.07 Å². The van der Waals surface area contributed by atoms with Crippen LogP contribution in [-0.2, 0) is 6.42 Å². The number of fused-ring (bicyclic) bond motifs is 1. The van der Waals surface area contributed by atoms with Gasteiger partial charge in [0.15, 0.2) is 5.69 Å². The first kappa shape index (κ1) is 14.1. The molecule has 1 unspecified atom stereocenters. The van der Waals surface area contributed by atoms with Crippen molar-refractivity contribution in [3.63, 3.8) is 0 Å². The van der Waals surface area contributed by atoms with Crippen LogP contribution in [0.25, 0.3) is 0 Å². The van der Waals surface area contributed by atoms with Gasteiger partial charge < -0.3 is 10.4 Å². The normalized spacial score (nSPS) is 15.9. The first-order valence-corrected chi connectivity index (χ1v) is 7.08. The maximum absolute atomic E-state index is 12.3. The number of aryl methyl sites for hydroxylation is 2. The fraction of sp³-hybridized carbons (Fsp3) is 0.235. The van der Waals surface area contributed by atoms with Gasteiger partial charge in [-0.25, -0.2) is 4.98 Å². The highest BCUT2D eigenvalue weighted by atomic mass is 16.3. The molecule has 1 heterocycles. The third-order valence-corrected chi connectivity index (χ3v) is 3.87. The van der Waals surface area contributed by atoms with E-state index in [9.17, 15) is 9.90 Å². The number of benzene rings is 1. The van der Waals surface area contributed by atoms with Crippen LogP contribution in [0.15, 0.2) is 30.5 Å². The summed E-state index contributed by atoms with van der Waals surface area (Å²) in [5.74, 6) is -0.504. The molecular weight excluding hydrogens is 278 g/mol. The zero-order valence-electron chi connectivity index (χ0n) is 12.1. The molecule has 3 rings (SSSR count). The molecule has 1 aromatic carbocycles. The number of pyridine rings is 1. The predicted octanol–water partition coefficient (Wildman–Crippen LogP) is 2.38. The zero-order chi connectivity index (χ0) is 15.7. The average molecular weight is 293 g/mol. The van der Waals surface area contributed by atoms with Crippen LogP contribution in [-0.4, -0.2) is 16.0 Å². The van der Waals surface area contributed by atoms with Crippen LogP contribution in [0.3, 0.4) is 0 Å². The maximum Gasteiger partial charge on any atom is 0.274 e. The molecule has 5 heteroatoms. The second-order valence-corrected chi connectivity index (χ2v) is 5.47. The number of hydrogen-bond acceptors (Lipinski definition) is 4. The Hall–Kier alpha value is -2.87. The molecule has 2 aromatic rings. The molecule has 1 aliphatic rings. The van der Waals surface area contributed by atoms with E-state index in [2.05, 4.69) is 16.4 Å². The number of nitriles is 1. The number of aromatic nitrogens is 1. The van der Waals surface area contributed by atoms with Crippen molar-refractivity contribution >= 4 is 5.91 Å². The van der Waals surface area contributed by atoms with E-state index in [4.69, 9.17) is 5.26 Å². The summed E-state index contributed by atoms with van der Waals surface area (Å²) in [7, 11) is 0. The van der Waals surface area contributed by atoms with Crippen molar-refractivity contribution in [2.24, 2.45) is 0 Å². The van der Waals surface area contributed by atoms with Crippen molar-refractivity contribution in [3.05, 3.63) is 58.4 Å². The maximum atomic E-state index is 12.3. The summed E-state index contributed by atoms with van der Waals surface area (Å²) in [5, 5.41) is 21.7. The molecule has 110 valence electrons. The predicted molar refractivity (Wildman–Crippen MR) is 80.3 cm³/mol. The Morgan fingerprint density at radius 3 is 3.00 bits per heavy atom. The first-order chi connectivity index (χ1) is 10.6. The fourth-order valence-electron chi connectivity index (χ4n) is 2.79. The van der Waals surface area contributed by atoms with Crippen LogP contribution in [0.5, 0.6) is 5.75 Å². The second kappa shape index (κ2) is 5.49. The minimum Gasteiger partial charge on any atom is -0.505 e. The summed E-state index contributed by atoms with van der Waals surface area (Å²) in [6, 6.07) is 9.03. The summed E-state index contributed by atoms with van der Waals surface area (Å²) >= 11 is 0. The van der Waals surface area contributed by atoms with Crippen LogP contribution in [0, 0.1) is 18.3 Å². The monoisotopic (exact) mass is 293 g/mol. The lowest BCUT2D eigenvalue weighted by molar-refractivity contribution is 0.0928. The Morgan fingerprint density at radius 1 is 1.45 bits per heavy atom. The Bertz CT molecular complexity index is 793. The molecule has 0 aliphatic heterocycles.